The quantitative estimate of drug-likeness (QED) is 0.564. The van der Waals surface area contributed by atoms with Gasteiger partial charge in [0.25, 0.3) is 5.91 Å². The predicted octanol–water partition coefficient (Wildman–Crippen LogP) is 3.29. The molecule has 3 atom stereocenters. The highest BCUT2D eigenvalue weighted by molar-refractivity contribution is 5.93. The van der Waals surface area contributed by atoms with Crippen LogP contribution in [0.4, 0.5) is 0 Å². The zero-order chi connectivity index (χ0) is 24.0. The first-order valence-electron chi connectivity index (χ1n) is 12.4. The monoisotopic (exact) mass is 464 g/mol. The van der Waals surface area contributed by atoms with Crippen LogP contribution in [0.1, 0.15) is 43.2 Å². The van der Waals surface area contributed by atoms with Gasteiger partial charge in [-0.05, 0) is 36.9 Å². The van der Waals surface area contributed by atoms with Crippen LogP contribution in [0.5, 0.6) is 0 Å². The van der Waals surface area contributed by atoms with Crippen LogP contribution >= 0.6 is 0 Å². The van der Waals surface area contributed by atoms with Crippen molar-refractivity contribution in [2.45, 2.75) is 50.4 Å². The average molecular weight is 465 g/mol. The molecule has 1 amide bonds. The smallest absolute Gasteiger partial charge is 0.259 e. The number of ether oxygens (including phenoxy) is 1. The van der Waals surface area contributed by atoms with Gasteiger partial charge in [0.15, 0.2) is 11.4 Å². The van der Waals surface area contributed by atoms with Gasteiger partial charge >= 0.3 is 0 Å². The van der Waals surface area contributed by atoms with Gasteiger partial charge in [-0.1, -0.05) is 73.5 Å². The molecule has 1 saturated carbocycles. The minimum atomic E-state index is -1.64. The van der Waals surface area contributed by atoms with Crippen LogP contribution in [0.3, 0.4) is 0 Å². The second-order valence-corrected chi connectivity index (χ2v) is 9.67. The highest BCUT2D eigenvalue weighted by atomic mass is 16.5. The number of carbonyl (C=O) groups excluding carboxylic acids is 2. The molecule has 0 spiro atoms. The van der Waals surface area contributed by atoms with E-state index in [1.54, 1.807) is 7.05 Å². The Hall–Kier alpha value is -2.54. The SMILES string of the molecule is CN(C(=O)C(O)(c1ccccc1)C1CCCC1)C(C(=O)COCc1ccccc1)C1CCNC1. The topological polar surface area (TPSA) is 78.9 Å². The van der Waals surface area contributed by atoms with Crippen LogP contribution in [0.15, 0.2) is 60.7 Å². The molecule has 1 saturated heterocycles. The average Bonchev–Trinajstić information content (AvgIpc) is 3.60. The minimum Gasteiger partial charge on any atom is -0.375 e. The third kappa shape index (κ3) is 5.24. The summed E-state index contributed by atoms with van der Waals surface area (Å²) in [6, 6.07) is 18.3. The number of likely N-dealkylation sites (N-methyl/N-ethyl adjacent to an activating group) is 1. The van der Waals surface area contributed by atoms with Gasteiger partial charge in [-0.3, -0.25) is 9.59 Å². The number of hydrogen-bond donors (Lipinski definition) is 2. The first-order valence-corrected chi connectivity index (χ1v) is 12.4. The number of hydrogen-bond acceptors (Lipinski definition) is 5. The molecule has 0 bridgehead atoms. The lowest BCUT2D eigenvalue weighted by atomic mass is 9.78. The third-order valence-corrected chi connectivity index (χ3v) is 7.45. The fraction of sp³-hybridized carbons (Fsp3) is 0.500. The van der Waals surface area contributed by atoms with E-state index in [0.717, 1.165) is 44.2 Å². The largest absolute Gasteiger partial charge is 0.375 e. The maximum Gasteiger partial charge on any atom is 0.259 e. The summed E-state index contributed by atoms with van der Waals surface area (Å²) < 4.78 is 5.75. The van der Waals surface area contributed by atoms with Crippen molar-refractivity contribution < 1.29 is 19.4 Å². The second kappa shape index (κ2) is 11.3. The van der Waals surface area contributed by atoms with Crippen molar-refractivity contribution in [3.05, 3.63) is 71.8 Å². The Bertz CT molecular complexity index is 939. The van der Waals surface area contributed by atoms with Gasteiger partial charge in [-0.25, -0.2) is 0 Å². The number of carbonyl (C=O) groups is 2. The van der Waals surface area contributed by atoms with Crippen LogP contribution < -0.4 is 5.32 Å². The van der Waals surface area contributed by atoms with Crippen molar-refractivity contribution in [2.24, 2.45) is 11.8 Å². The number of aliphatic hydroxyl groups is 1. The maximum absolute atomic E-state index is 14.0. The molecule has 34 heavy (non-hydrogen) atoms. The summed E-state index contributed by atoms with van der Waals surface area (Å²) in [5.41, 5.74) is -0.0320. The van der Waals surface area contributed by atoms with Crippen molar-refractivity contribution in [2.75, 3.05) is 26.7 Å². The molecule has 3 unspecified atom stereocenters. The summed E-state index contributed by atoms with van der Waals surface area (Å²) in [4.78, 5) is 28.9. The lowest BCUT2D eigenvalue weighted by Crippen LogP contribution is -2.57. The van der Waals surface area contributed by atoms with Crippen LogP contribution in [0.25, 0.3) is 0 Å². The first kappa shape index (κ1) is 24.6. The number of Topliss-reactive ketones (excluding diaryl/α,β-unsaturated/α-hetero) is 1. The molecule has 2 aromatic carbocycles. The van der Waals surface area contributed by atoms with E-state index in [9.17, 15) is 14.7 Å². The van der Waals surface area contributed by atoms with Gasteiger partial charge < -0.3 is 20.1 Å². The minimum absolute atomic E-state index is 0.00891. The molecule has 2 aromatic rings. The lowest BCUT2D eigenvalue weighted by Gasteiger charge is -2.40. The molecule has 2 fully saturated rings. The van der Waals surface area contributed by atoms with Crippen LogP contribution in [-0.2, 0) is 26.5 Å². The van der Waals surface area contributed by atoms with Crippen molar-refractivity contribution in [1.29, 1.82) is 0 Å². The van der Waals surface area contributed by atoms with E-state index in [2.05, 4.69) is 5.32 Å². The summed E-state index contributed by atoms with van der Waals surface area (Å²) in [5, 5.41) is 15.3. The normalized spacial score (nSPS) is 21.2. The van der Waals surface area contributed by atoms with Crippen molar-refractivity contribution in [1.82, 2.24) is 10.2 Å². The Balaban J connectivity index is 1.55. The number of benzene rings is 2. The molecule has 6 nitrogen and oxygen atoms in total. The Labute approximate surface area is 202 Å². The predicted molar refractivity (Wildman–Crippen MR) is 131 cm³/mol. The van der Waals surface area contributed by atoms with Gasteiger partial charge in [-0.15, -0.1) is 0 Å². The molecule has 1 aliphatic carbocycles. The van der Waals surface area contributed by atoms with Gasteiger partial charge in [0, 0.05) is 25.4 Å². The molecular formula is C28H36N2O4. The van der Waals surface area contributed by atoms with E-state index in [1.807, 2.05) is 60.7 Å². The second-order valence-electron chi connectivity index (χ2n) is 9.67. The number of rotatable bonds is 10. The maximum atomic E-state index is 14.0. The van der Waals surface area contributed by atoms with E-state index in [-0.39, 0.29) is 30.1 Å². The number of nitrogens with zero attached hydrogens (tertiary/aromatic N) is 1. The van der Waals surface area contributed by atoms with E-state index < -0.39 is 11.6 Å². The Morgan fingerprint density at radius 3 is 2.32 bits per heavy atom. The molecular weight excluding hydrogens is 428 g/mol. The molecule has 0 radical (unpaired) electrons. The van der Waals surface area contributed by atoms with Gasteiger partial charge in [0.2, 0.25) is 0 Å². The number of ketones is 1. The molecule has 0 aromatic heterocycles. The Kier molecular flexibility index (Phi) is 8.14. The summed E-state index contributed by atoms with van der Waals surface area (Å²) in [5.74, 6) is -0.678. The summed E-state index contributed by atoms with van der Waals surface area (Å²) >= 11 is 0. The summed E-state index contributed by atoms with van der Waals surface area (Å²) in [6.45, 7) is 1.75. The van der Waals surface area contributed by atoms with Crippen LogP contribution in [0.2, 0.25) is 0 Å². The Morgan fingerprint density at radius 2 is 1.71 bits per heavy atom. The zero-order valence-electron chi connectivity index (χ0n) is 20.0. The van der Waals surface area contributed by atoms with E-state index in [0.29, 0.717) is 18.7 Å². The fourth-order valence-corrected chi connectivity index (χ4v) is 5.64. The molecule has 6 heteroatoms. The van der Waals surface area contributed by atoms with Crippen molar-refractivity contribution in [3.63, 3.8) is 0 Å². The van der Waals surface area contributed by atoms with Gasteiger partial charge in [0.1, 0.15) is 6.61 Å². The van der Waals surface area contributed by atoms with Crippen molar-refractivity contribution in [3.8, 4) is 0 Å². The van der Waals surface area contributed by atoms with E-state index in [4.69, 9.17) is 4.74 Å². The molecule has 2 aliphatic rings. The molecule has 2 N–H and O–H groups in total. The third-order valence-electron chi connectivity index (χ3n) is 7.45. The van der Waals surface area contributed by atoms with Gasteiger partial charge in [0.05, 0.1) is 12.6 Å². The van der Waals surface area contributed by atoms with Gasteiger partial charge in [-0.2, -0.15) is 0 Å². The zero-order valence-corrected chi connectivity index (χ0v) is 20.0. The van der Waals surface area contributed by atoms with Crippen LogP contribution in [0, 0.1) is 11.8 Å². The standard InChI is InChI=1S/C28H36N2O4/c1-30(27(32)28(33,24-14-8-9-15-24)23-12-6-3-7-13-23)26(22-16-17-29-18-22)25(31)20-34-19-21-10-4-2-5-11-21/h2-7,10-13,22,24,26,29,33H,8-9,14-20H2,1H3. The highest BCUT2D eigenvalue weighted by Gasteiger charge is 2.50. The van der Waals surface area contributed by atoms with Crippen molar-refractivity contribution >= 4 is 11.7 Å². The van der Waals surface area contributed by atoms with E-state index >= 15 is 0 Å². The number of amides is 1. The molecule has 1 heterocycles. The fourth-order valence-electron chi connectivity index (χ4n) is 5.64. The van der Waals surface area contributed by atoms with E-state index in [1.165, 1.54) is 4.90 Å². The molecule has 1 aliphatic heterocycles. The highest BCUT2D eigenvalue weighted by Crippen LogP contribution is 2.42. The summed E-state index contributed by atoms with van der Waals surface area (Å²) in [7, 11) is 1.67. The summed E-state index contributed by atoms with van der Waals surface area (Å²) in [6.07, 6.45) is 4.40. The van der Waals surface area contributed by atoms with Crippen LogP contribution in [-0.4, -0.2) is 54.5 Å². The first-order chi connectivity index (χ1) is 16.5. The Morgan fingerprint density at radius 1 is 1.06 bits per heavy atom. The number of nitrogens with one attached hydrogen (secondary N) is 1. The molecule has 182 valence electrons. The molecule has 4 rings (SSSR count). The lowest BCUT2D eigenvalue weighted by molar-refractivity contribution is -0.164.